The number of carbonyl (C=O) groups excluding carboxylic acids is 2. The summed E-state index contributed by atoms with van der Waals surface area (Å²) in [6.45, 7) is 6.97. The molecule has 0 saturated carbocycles. The van der Waals surface area contributed by atoms with E-state index in [0.29, 0.717) is 11.1 Å². The van der Waals surface area contributed by atoms with Gasteiger partial charge in [-0.3, -0.25) is 0 Å². The van der Waals surface area contributed by atoms with Crippen LogP contribution in [-0.4, -0.2) is 11.9 Å². The first kappa shape index (κ1) is 20.4. The third-order valence-corrected chi connectivity index (χ3v) is 2.80. The van der Waals surface area contributed by atoms with Gasteiger partial charge in [-0.1, -0.05) is 73.8 Å². The third kappa shape index (κ3) is 5.94. The Labute approximate surface area is 145 Å². The number of hydrogen-bond acceptors (Lipinski definition) is 4. The van der Waals surface area contributed by atoms with Crippen molar-refractivity contribution < 1.29 is 36.9 Å². The van der Waals surface area contributed by atoms with Gasteiger partial charge >= 0.3 is 17.1 Å². The number of hydrogen-bond donors (Lipinski definition) is 0. The largest absolute Gasteiger partial charge is 2.00 e. The van der Waals surface area contributed by atoms with E-state index in [-0.39, 0.29) is 28.2 Å². The molecule has 2 aromatic rings. The standard InChI is InChI=1S/2C9H8O2.Fe/c2*1-2-7-5-3-4-6-8(7)9(10)11;/h2*2-6H,1H2,(H,10,11);/q;;+2/p-2. The van der Waals surface area contributed by atoms with Gasteiger partial charge in [-0.2, -0.15) is 0 Å². The quantitative estimate of drug-likeness (QED) is 0.781. The molecule has 0 bridgehead atoms. The van der Waals surface area contributed by atoms with E-state index in [1.165, 1.54) is 24.3 Å². The maximum atomic E-state index is 10.4. The predicted molar refractivity (Wildman–Crippen MR) is 81.7 cm³/mol. The summed E-state index contributed by atoms with van der Waals surface area (Å²) in [4.78, 5) is 20.8. The van der Waals surface area contributed by atoms with Crippen LogP contribution in [0.3, 0.4) is 0 Å². The SMILES string of the molecule is C=Cc1ccccc1C(=O)[O-].C=Cc1ccccc1C(=O)[O-].[Fe+2]. The third-order valence-electron chi connectivity index (χ3n) is 2.80. The zero-order valence-corrected chi connectivity index (χ0v) is 13.3. The maximum Gasteiger partial charge on any atom is 2.00 e. The molecule has 0 aliphatic heterocycles. The van der Waals surface area contributed by atoms with Crippen molar-refractivity contribution in [1.29, 1.82) is 0 Å². The fraction of sp³-hybridized carbons (Fsp3) is 0. The van der Waals surface area contributed by atoms with E-state index in [1.807, 2.05) is 0 Å². The fourth-order valence-electron chi connectivity index (χ4n) is 1.72. The van der Waals surface area contributed by atoms with Crippen molar-refractivity contribution >= 4 is 24.1 Å². The molecule has 4 nitrogen and oxygen atoms in total. The zero-order chi connectivity index (χ0) is 16.5. The van der Waals surface area contributed by atoms with Crippen LogP contribution in [-0.2, 0) is 17.1 Å². The minimum Gasteiger partial charge on any atom is -0.545 e. The van der Waals surface area contributed by atoms with Gasteiger partial charge in [0, 0.05) is 11.1 Å². The van der Waals surface area contributed by atoms with E-state index >= 15 is 0 Å². The first-order valence-electron chi connectivity index (χ1n) is 6.37. The molecule has 2 rings (SSSR count). The molecule has 0 saturated heterocycles. The van der Waals surface area contributed by atoms with Crippen LogP contribution in [0.1, 0.15) is 31.8 Å². The molecule has 0 atom stereocenters. The Morgan fingerprint density at radius 1 is 0.739 bits per heavy atom. The number of carboxylic acid groups (broad SMARTS) is 2. The van der Waals surface area contributed by atoms with Crippen LogP contribution in [0.2, 0.25) is 0 Å². The van der Waals surface area contributed by atoms with Gasteiger partial charge in [0.2, 0.25) is 0 Å². The summed E-state index contributed by atoms with van der Waals surface area (Å²) in [5.74, 6) is -2.33. The van der Waals surface area contributed by atoms with E-state index < -0.39 is 11.9 Å². The molecule has 0 amide bonds. The molecule has 0 unspecified atom stereocenters. The number of aromatic carboxylic acids is 2. The number of rotatable bonds is 4. The Hall–Kier alpha value is -2.62. The normalized spacial score (nSPS) is 8.70. The summed E-state index contributed by atoms with van der Waals surface area (Å²) >= 11 is 0. The van der Waals surface area contributed by atoms with Crippen molar-refractivity contribution in [3.63, 3.8) is 0 Å². The van der Waals surface area contributed by atoms with Crippen molar-refractivity contribution in [3.05, 3.63) is 83.9 Å². The van der Waals surface area contributed by atoms with Gasteiger partial charge in [0.05, 0.1) is 11.9 Å². The first-order valence-corrected chi connectivity index (χ1v) is 6.37. The molecule has 0 aliphatic carbocycles. The van der Waals surface area contributed by atoms with Crippen LogP contribution in [0.25, 0.3) is 12.2 Å². The van der Waals surface area contributed by atoms with E-state index in [1.54, 1.807) is 36.4 Å². The molecule has 0 heterocycles. The van der Waals surface area contributed by atoms with Gasteiger partial charge in [-0.25, -0.2) is 0 Å². The van der Waals surface area contributed by atoms with Gasteiger partial charge in [0.1, 0.15) is 0 Å². The van der Waals surface area contributed by atoms with Crippen LogP contribution in [0.5, 0.6) is 0 Å². The van der Waals surface area contributed by atoms with Crippen LogP contribution in [0.15, 0.2) is 61.7 Å². The number of carboxylic acids is 2. The Morgan fingerprint density at radius 2 is 1.04 bits per heavy atom. The van der Waals surface area contributed by atoms with Crippen molar-refractivity contribution in [2.24, 2.45) is 0 Å². The monoisotopic (exact) mass is 350 g/mol. The zero-order valence-electron chi connectivity index (χ0n) is 12.2. The Balaban J connectivity index is 0.000000403. The second-order valence-corrected chi connectivity index (χ2v) is 4.16. The van der Waals surface area contributed by atoms with E-state index in [0.717, 1.165) is 0 Å². The topological polar surface area (TPSA) is 80.3 Å². The number of carbonyl (C=O) groups is 2. The molecule has 0 N–H and O–H groups in total. The van der Waals surface area contributed by atoms with E-state index in [4.69, 9.17) is 0 Å². The van der Waals surface area contributed by atoms with E-state index in [2.05, 4.69) is 13.2 Å². The second kappa shape index (κ2) is 10.2. The molecule has 118 valence electrons. The van der Waals surface area contributed by atoms with Gasteiger partial charge in [-0.15, -0.1) is 0 Å². The first-order chi connectivity index (χ1) is 10.5. The van der Waals surface area contributed by atoms with Crippen LogP contribution < -0.4 is 10.2 Å². The van der Waals surface area contributed by atoms with Crippen molar-refractivity contribution in [2.45, 2.75) is 0 Å². The fourth-order valence-corrected chi connectivity index (χ4v) is 1.72. The summed E-state index contributed by atoms with van der Waals surface area (Å²) in [5.41, 5.74) is 1.55. The van der Waals surface area contributed by atoms with Crippen LogP contribution in [0, 0.1) is 0 Å². The summed E-state index contributed by atoms with van der Waals surface area (Å²) in [6.07, 6.45) is 2.98. The molecule has 0 fully saturated rings. The summed E-state index contributed by atoms with van der Waals surface area (Å²) < 4.78 is 0. The van der Waals surface area contributed by atoms with Crippen LogP contribution in [0.4, 0.5) is 0 Å². The minimum absolute atomic E-state index is 0. The van der Waals surface area contributed by atoms with Gasteiger partial charge in [0.25, 0.3) is 0 Å². The van der Waals surface area contributed by atoms with Crippen LogP contribution >= 0.6 is 0 Å². The van der Waals surface area contributed by atoms with E-state index in [9.17, 15) is 19.8 Å². The smallest absolute Gasteiger partial charge is 0.545 e. The van der Waals surface area contributed by atoms with Gasteiger partial charge < -0.3 is 19.8 Å². The molecule has 0 aromatic heterocycles. The Kier molecular flexibility index (Phi) is 9.01. The van der Waals surface area contributed by atoms with Gasteiger partial charge in [0.15, 0.2) is 0 Å². The second-order valence-electron chi connectivity index (χ2n) is 4.16. The van der Waals surface area contributed by atoms with Crippen molar-refractivity contribution in [2.75, 3.05) is 0 Å². The van der Waals surface area contributed by atoms with Gasteiger partial charge in [-0.05, 0) is 11.1 Å². The molecule has 2 aromatic carbocycles. The minimum atomic E-state index is -1.17. The Bertz CT molecular complexity index is 646. The van der Waals surface area contributed by atoms with Crippen molar-refractivity contribution in [1.82, 2.24) is 0 Å². The summed E-state index contributed by atoms with van der Waals surface area (Å²) in [6, 6.07) is 13.2. The molecule has 23 heavy (non-hydrogen) atoms. The average Bonchev–Trinajstić information content (AvgIpc) is 2.55. The molecular formula is C18H14FeO4. The molecule has 0 spiro atoms. The molecule has 0 radical (unpaired) electrons. The average molecular weight is 350 g/mol. The predicted octanol–water partition coefficient (Wildman–Crippen LogP) is 1.38. The van der Waals surface area contributed by atoms with Crippen molar-refractivity contribution in [3.8, 4) is 0 Å². The molecule has 0 aliphatic rings. The Morgan fingerprint density at radius 3 is 1.26 bits per heavy atom. The molecule has 5 heteroatoms. The maximum absolute atomic E-state index is 10.4. The molecular weight excluding hydrogens is 336 g/mol. The summed E-state index contributed by atoms with van der Waals surface area (Å²) in [7, 11) is 0. The number of benzene rings is 2. The summed E-state index contributed by atoms with van der Waals surface area (Å²) in [5, 5.41) is 20.8.